The normalized spacial score (nSPS) is 13.2. The van der Waals surface area contributed by atoms with Crippen LogP contribution in [0.5, 0.6) is 0 Å². The average Bonchev–Trinajstić information content (AvgIpc) is 2.74. The van der Waals surface area contributed by atoms with E-state index in [-0.39, 0.29) is 0 Å². The molecule has 1 rings (SSSR count). The first-order valence-electron chi connectivity index (χ1n) is 5.90. The highest BCUT2D eigenvalue weighted by molar-refractivity contribution is 7.98. The lowest BCUT2D eigenvalue weighted by atomic mass is 10.3. The van der Waals surface area contributed by atoms with Crippen molar-refractivity contribution in [3.05, 3.63) is 11.9 Å². The third-order valence-electron chi connectivity index (χ3n) is 2.79. The fraction of sp³-hybridized carbons (Fsp3) is 0.818. The zero-order valence-corrected chi connectivity index (χ0v) is 12.0. The van der Waals surface area contributed by atoms with Gasteiger partial charge in [-0.1, -0.05) is 5.21 Å². The standard InChI is InChI=1S/C11H23N5S/c1-10(9-17-4)15(3)5-6-16-8-11(7-12-2)13-14-16/h8,10,12H,5-7,9H2,1-4H3. The van der Waals surface area contributed by atoms with E-state index in [1.807, 2.05) is 29.7 Å². The Bertz CT molecular complexity index is 315. The Morgan fingerprint density at radius 3 is 3.00 bits per heavy atom. The van der Waals surface area contributed by atoms with Crippen LogP contribution in [-0.2, 0) is 13.1 Å². The molecule has 0 saturated carbocycles. The van der Waals surface area contributed by atoms with Gasteiger partial charge in [0.1, 0.15) is 0 Å². The summed E-state index contributed by atoms with van der Waals surface area (Å²) in [5, 5.41) is 11.3. The van der Waals surface area contributed by atoms with Crippen LogP contribution >= 0.6 is 11.8 Å². The number of aromatic nitrogens is 3. The summed E-state index contributed by atoms with van der Waals surface area (Å²) in [7, 11) is 4.07. The summed E-state index contributed by atoms with van der Waals surface area (Å²) in [4.78, 5) is 2.36. The van der Waals surface area contributed by atoms with Crippen molar-refractivity contribution in [2.75, 3.05) is 32.6 Å². The molecule has 0 radical (unpaired) electrons. The molecule has 0 saturated heterocycles. The van der Waals surface area contributed by atoms with Gasteiger partial charge in [-0.15, -0.1) is 5.10 Å². The molecule has 1 aromatic heterocycles. The Kier molecular flexibility index (Phi) is 6.54. The van der Waals surface area contributed by atoms with Crippen molar-refractivity contribution in [2.45, 2.75) is 26.1 Å². The first-order valence-corrected chi connectivity index (χ1v) is 7.29. The van der Waals surface area contributed by atoms with Crippen molar-refractivity contribution < 1.29 is 0 Å². The highest BCUT2D eigenvalue weighted by atomic mass is 32.2. The molecule has 0 fully saturated rings. The first kappa shape index (κ1) is 14.5. The van der Waals surface area contributed by atoms with Crippen LogP contribution in [0.25, 0.3) is 0 Å². The summed E-state index contributed by atoms with van der Waals surface area (Å²) < 4.78 is 1.91. The topological polar surface area (TPSA) is 46.0 Å². The molecule has 1 heterocycles. The van der Waals surface area contributed by atoms with Crippen LogP contribution in [0, 0.1) is 0 Å². The van der Waals surface area contributed by atoms with E-state index in [1.54, 1.807) is 0 Å². The summed E-state index contributed by atoms with van der Waals surface area (Å²) in [5.74, 6) is 1.17. The number of nitrogens with zero attached hydrogens (tertiary/aromatic N) is 4. The molecule has 0 amide bonds. The lowest BCUT2D eigenvalue weighted by molar-refractivity contribution is 0.261. The quantitative estimate of drug-likeness (QED) is 0.742. The third kappa shape index (κ3) is 5.06. The van der Waals surface area contributed by atoms with Gasteiger partial charge in [0.2, 0.25) is 0 Å². The fourth-order valence-electron chi connectivity index (χ4n) is 1.56. The predicted molar refractivity (Wildman–Crippen MR) is 73.3 cm³/mol. The van der Waals surface area contributed by atoms with Crippen LogP contribution in [0.2, 0.25) is 0 Å². The van der Waals surface area contributed by atoms with E-state index in [0.29, 0.717) is 6.04 Å². The molecule has 0 spiro atoms. The molecule has 5 nitrogen and oxygen atoms in total. The van der Waals surface area contributed by atoms with Gasteiger partial charge in [-0.2, -0.15) is 11.8 Å². The van der Waals surface area contributed by atoms with Crippen LogP contribution in [0.15, 0.2) is 6.20 Å². The lowest BCUT2D eigenvalue weighted by Gasteiger charge is -2.23. The molecule has 98 valence electrons. The first-order chi connectivity index (χ1) is 8.17. The highest BCUT2D eigenvalue weighted by Gasteiger charge is 2.08. The van der Waals surface area contributed by atoms with Crippen molar-refractivity contribution in [3.8, 4) is 0 Å². The summed E-state index contributed by atoms with van der Waals surface area (Å²) in [6.45, 7) is 4.93. The molecule has 1 aromatic rings. The van der Waals surface area contributed by atoms with Gasteiger partial charge in [-0.25, -0.2) is 0 Å². The van der Waals surface area contributed by atoms with E-state index in [1.165, 1.54) is 5.75 Å². The highest BCUT2D eigenvalue weighted by Crippen LogP contribution is 2.03. The van der Waals surface area contributed by atoms with E-state index in [9.17, 15) is 0 Å². The fourth-order valence-corrected chi connectivity index (χ4v) is 2.30. The maximum absolute atomic E-state index is 4.11. The van der Waals surface area contributed by atoms with E-state index >= 15 is 0 Å². The van der Waals surface area contributed by atoms with Crippen molar-refractivity contribution >= 4 is 11.8 Å². The Hall–Kier alpha value is -0.590. The van der Waals surface area contributed by atoms with Gasteiger partial charge in [-0.3, -0.25) is 4.68 Å². The Labute approximate surface area is 108 Å². The van der Waals surface area contributed by atoms with Crippen LogP contribution < -0.4 is 5.32 Å². The predicted octanol–water partition coefficient (Wildman–Crippen LogP) is 0.681. The second-order valence-corrected chi connectivity index (χ2v) is 5.20. The second-order valence-electron chi connectivity index (χ2n) is 4.29. The second kappa shape index (κ2) is 7.68. The van der Waals surface area contributed by atoms with Crippen molar-refractivity contribution in [2.24, 2.45) is 0 Å². The summed E-state index contributed by atoms with van der Waals surface area (Å²) in [6, 6.07) is 0.602. The zero-order chi connectivity index (χ0) is 12.7. The minimum Gasteiger partial charge on any atom is -0.314 e. The summed E-state index contributed by atoms with van der Waals surface area (Å²) >= 11 is 1.89. The van der Waals surface area contributed by atoms with Crippen molar-refractivity contribution in [1.82, 2.24) is 25.2 Å². The summed E-state index contributed by atoms with van der Waals surface area (Å²) in [6.07, 6.45) is 4.15. The average molecular weight is 257 g/mol. The van der Waals surface area contributed by atoms with Crippen molar-refractivity contribution in [3.63, 3.8) is 0 Å². The number of rotatable bonds is 8. The third-order valence-corrected chi connectivity index (χ3v) is 3.60. The molecule has 0 aromatic carbocycles. The summed E-state index contributed by atoms with van der Waals surface area (Å²) in [5.41, 5.74) is 0.993. The van der Waals surface area contributed by atoms with Gasteiger partial charge in [0.25, 0.3) is 0 Å². The molecule has 1 unspecified atom stereocenters. The Balaban J connectivity index is 2.33. The molecular weight excluding hydrogens is 234 g/mol. The van der Waals surface area contributed by atoms with Gasteiger partial charge >= 0.3 is 0 Å². The van der Waals surface area contributed by atoms with Gasteiger partial charge < -0.3 is 10.2 Å². The molecular formula is C11H23N5S. The molecule has 0 aliphatic carbocycles. The Morgan fingerprint density at radius 1 is 1.59 bits per heavy atom. The van der Waals surface area contributed by atoms with Gasteiger partial charge in [0.05, 0.1) is 12.2 Å². The smallest absolute Gasteiger partial charge is 0.0964 e. The number of hydrogen-bond acceptors (Lipinski definition) is 5. The van der Waals surface area contributed by atoms with Crippen molar-refractivity contribution in [1.29, 1.82) is 0 Å². The molecule has 1 atom stereocenters. The minimum absolute atomic E-state index is 0.602. The maximum atomic E-state index is 4.11. The molecule has 0 aliphatic rings. The molecule has 1 N–H and O–H groups in total. The van der Waals surface area contributed by atoms with Gasteiger partial charge in [0.15, 0.2) is 0 Å². The minimum atomic E-state index is 0.602. The van der Waals surface area contributed by atoms with Gasteiger partial charge in [-0.05, 0) is 27.3 Å². The van der Waals surface area contributed by atoms with E-state index in [4.69, 9.17) is 0 Å². The van der Waals surface area contributed by atoms with E-state index in [2.05, 4.69) is 40.8 Å². The number of nitrogens with one attached hydrogen (secondary N) is 1. The van der Waals surface area contributed by atoms with Crippen LogP contribution in [0.3, 0.4) is 0 Å². The molecule has 17 heavy (non-hydrogen) atoms. The zero-order valence-electron chi connectivity index (χ0n) is 11.2. The van der Waals surface area contributed by atoms with Crippen LogP contribution in [0.1, 0.15) is 12.6 Å². The number of thioether (sulfide) groups is 1. The van der Waals surface area contributed by atoms with E-state index in [0.717, 1.165) is 25.3 Å². The maximum Gasteiger partial charge on any atom is 0.0964 e. The van der Waals surface area contributed by atoms with Gasteiger partial charge in [0, 0.05) is 31.1 Å². The van der Waals surface area contributed by atoms with Crippen LogP contribution in [-0.4, -0.2) is 58.6 Å². The monoisotopic (exact) mass is 257 g/mol. The molecule has 6 heteroatoms. The van der Waals surface area contributed by atoms with E-state index < -0.39 is 0 Å². The Morgan fingerprint density at radius 2 is 2.35 bits per heavy atom. The van der Waals surface area contributed by atoms with Crippen LogP contribution in [0.4, 0.5) is 0 Å². The largest absolute Gasteiger partial charge is 0.314 e. The lowest BCUT2D eigenvalue weighted by Crippen LogP contribution is -2.33. The number of hydrogen-bond donors (Lipinski definition) is 1. The SMILES string of the molecule is CNCc1cn(CCN(C)C(C)CSC)nn1. The molecule has 0 bridgehead atoms. The number of likely N-dealkylation sites (N-methyl/N-ethyl adjacent to an activating group) is 1. The molecule has 0 aliphatic heterocycles.